The van der Waals surface area contributed by atoms with Gasteiger partial charge in [0.25, 0.3) is 0 Å². The SMILES string of the molecule is Cc1nc(C2CCN(C3CNC3)CC2)cc2c1O[C@@H](C)c1c(ncnc1N1CCS(=O)(=O)CC1)N2. The Hall–Kier alpha value is -2.50. The number of aromatic nitrogens is 3. The molecule has 2 N–H and O–H groups in total. The topological polar surface area (TPSA) is 113 Å². The van der Waals surface area contributed by atoms with Gasteiger partial charge in [-0.1, -0.05) is 0 Å². The van der Waals surface area contributed by atoms with Gasteiger partial charge in [-0.3, -0.25) is 9.88 Å². The lowest BCUT2D eigenvalue weighted by atomic mass is 9.91. The number of sulfone groups is 1. The van der Waals surface area contributed by atoms with Gasteiger partial charge in [0.2, 0.25) is 0 Å². The summed E-state index contributed by atoms with van der Waals surface area (Å²) in [5.41, 5.74) is 3.71. The zero-order valence-corrected chi connectivity index (χ0v) is 21.1. The zero-order chi connectivity index (χ0) is 24.2. The molecule has 2 aromatic rings. The third-order valence-corrected chi connectivity index (χ3v) is 9.46. The molecule has 0 bridgehead atoms. The Bertz CT molecular complexity index is 1210. The number of rotatable bonds is 3. The minimum absolute atomic E-state index is 0.136. The molecule has 0 aliphatic carbocycles. The molecule has 0 saturated carbocycles. The maximum Gasteiger partial charge on any atom is 0.164 e. The Morgan fingerprint density at radius 3 is 2.51 bits per heavy atom. The van der Waals surface area contributed by atoms with Gasteiger partial charge >= 0.3 is 0 Å². The lowest BCUT2D eigenvalue weighted by Gasteiger charge is -2.42. The van der Waals surface area contributed by atoms with E-state index in [-0.39, 0.29) is 17.6 Å². The molecular weight excluding hydrogens is 466 g/mol. The second kappa shape index (κ2) is 8.86. The maximum atomic E-state index is 11.9. The van der Waals surface area contributed by atoms with Crippen LogP contribution in [0.2, 0.25) is 0 Å². The van der Waals surface area contributed by atoms with E-state index in [9.17, 15) is 8.42 Å². The second-order valence-electron chi connectivity index (χ2n) is 10.1. The Balaban J connectivity index is 1.27. The predicted molar refractivity (Wildman–Crippen MR) is 134 cm³/mol. The van der Waals surface area contributed by atoms with Crippen LogP contribution in [0.4, 0.5) is 17.3 Å². The van der Waals surface area contributed by atoms with E-state index in [2.05, 4.69) is 31.6 Å². The van der Waals surface area contributed by atoms with E-state index in [4.69, 9.17) is 9.72 Å². The Morgan fingerprint density at radius 1 is 1.09 bits per heavy atom. The highest BCUT2D eigenvalue weighted by Crippen LogP contribution is 2.44. The largest absolute Gasteiger partial charge is 0.482 e. The van der Waals surface area contributed by atoms with E-state index < -0.39 is 9.84 Å². The standard InChI is InChI=1S/C24H33N7O3S/c1-15-22-20(11-19(28-15)17-3-5-30(6-4-17)18-12-25-13-18)29-23-21(16(2)34-22)24(27-14-26-23)31-7-9-35(32,33)10-8-31/h11,14,16-18,25H,3-10,12-13H2,1-2H3,(H,26,27,29)/t16-/m0/s1. The van der Waals surface area contributed by atoms with Crippen LogP contribution in [-0.4, -0.2) is 85.1 Å². The second-order valence-corrected chi connectivity index (χ2v) is 12.4. The van der Waals surface area contributed by atoms with Crippen molar-refractivity contribution in [2.75, 3.05) is 61.0 Å². The van der Waals surface area contributed by atoms with Crippen molar-refractivity contribution < 1.29 is 13.2 Å². The average Bonchev–Trinajstić information content (AvgIpc) is 2.95. The first-order chi connectivity index (χ1) is 16.9. The van der Waals surface area contributed by atoms with Gasteiger partial charge in [-0.25, -0.2) is 18.4 Å². The van der Waals surface area contributed by atoms with Crippen LogP contribution < -0.4 is 20.3 Å². The van der Waals surface area contributed by atoms with E-state index >= 15 is 0 Å². The molecular formula is C24H33N7O3S. The smallest absolute Gasteiger partial charge is 0.164 e. The number of pyridine rings is 1. The number of nitrogens with one attached hydrogen (secondary N) is 2. The highest BCUT2D eigenvalue weighted by Gasteiger charge is 2.33. The molecule has 3 saturated heterocycles. The molecule has 4 aliphatic rings. The number of likely N-dealkylation sites (tertiary alicyclic amines) is 1. The van der Waals surface area contributed by atoms with Gasteiger partial charge in [-0.15, -0.1) is 0 Å². The summed E-state index contributed by atoms with van der Waals surface area (Å²) >= 11 is 0. The van der Waals surface area contributed by atoms with Crippen LogP contribution in [0.15, 0.2) is 12.4 Å². The molecule has 188 valence electrons. The fourth-order valence-corrected chi connectivity index (χ4v) is 6.83. The summed E-state index contributed by atoms with van der Waals surface area (Å²) in [5.74, 6) is 2.89. The van der Waals surface area contributed by atoms with Crippen LogP contribution in [0.1, 0.15) is 48.7 Å². The van der Waals surface area contributed by atoms with Crippen molar-refractivity contribution in [1.29, 1.82) is 0 Å². The average molecular weight is 500 g/mol. The van der Waals surface area contributed by atoms with E-state index in [0.717, 1.165) is 73.2 Å². The Labute approximate surface area is 206 Å². The Morgan fingerprint density at radius 2 is 1.83 bits per heavy atom. The molecule has 3 fully saturated rings. The highest BCUT2D eigenvalue weighted by atomic mass is 32.2. The van der Waals surface area contributed by atoms with E-state index in [1.54, 1.807) is 6.33 Å². The van der Waals surface area contributed by atoms with Crippen molar-refractivity contribution in [3.63, 3.8) is 0 Å². The van der Waals surface area contributed by atoms with Crippen LogP contribution >= 0.6 is 0 Å². The molecule has 35 heavy (non-hydrogen) atoms. The summed E-state index contributed by atoms with van der Waals surface area (Å²) in [6.07, 6.45) is 3.46. The number of hydrogen-bond donors (Lipinski definition) is 2. The lowest BCUT2D eigenvalue weighted by molar-refractivity contribution is 0.112. The number of piperidine rings is 1. The molecule has 0 aromatic carbocycles. The quantitative estimate of drug-likeness (QED) is 0.648. The van der Waals surface area contributed by atoms with Crippen molar-refractivity contribution in [1.82, 2.24) is 25.2 Å². The van der Waals surface area contributed by atoms with E-state index in [1.807, 2.05) is 18.7 Å². The summed E-state index contributed by atoms with van der Waals surface area (Å²) in [7, 11) is -2.98. The predicted octanol–water partition coefficient (Wildman–Crippen LogP) is 1.76. The third kappa shape index (κ3) is 4.34. The number of nitrogens with zero attached hydrogens (tertiary/aromatic N) is 5. The summed E-state index contributed by atoms with van der Waals surface area (Å²) in [6.45, 7) is 9.28. The molecule has 0 radical (unpaired) electrons. The first kappa shape index (κ1) is 22.9. The third-order valence-electron chi connectivity index (χ3n) is 7.85. The molecule has 1 atom stereocenters. The lowest BCUT2D eigenvalue weighted by Crippen LogP contribution is -2.58. The van der Waals surface area contributed by atoms with Crippen LogP contribution in [0, 0.1) is 6.92 Å². The fourth-order valence-electron chi connectivity index (χ4n) is 5.63. The van der Waals surface area contributed by atoms with Crippen molar-refractivity contribution in [2.24, 2.45) is 0 Å². The molecule has 2 aromatic heterocycles. The molecule has 6 heterocycles. The first-order valence-corrected chi connectivity index (χ1v) is 14.4. The maximum absolute atomic E-state index is 11.9. The number of fused-ring (bicyclic) bond motifs is 2. The minimum atomic E-state index is -2.98. The van der Waals surface area contributed by atoms with Gasteiger partial charge in [-0.05, 0) is 45.8 Å². The van der Waals surface area contributed by atoms with Gasteiger partial charge in [-0.2, -0.15) is 0 Å². The number of ether oxygens (including phenoxy) is 1. The number of anilines is 3. The molecule has 0 spiro atoms. The van der Waals surface area contributed by atoms with Gasteiger partial charge in [0, 0.05) is 43.8 Å². The number of hydrogen-bond acceptors (Lipinski definition) is 10. The first-order valence-electron chi connectivity index (χ1n) is 12.6. The van der Waals surface area contributed by atoms with Gasteiger partial charge < -0.3 is 20.3 Å². The fraction of sp³-hybridized carbons (Fsp3) is 0.625. The summed E-state index contributed by atoms with van der Waals surface area (Å²) in [4.78, 5) is 18.7. The molecule has 4 aliphatic heterocycles. The van der Waals surface area contributed by atoms with Crippen molar-refractivity contribution in [3.05, 3.63) is 29.3 Å². The van der Waals surface area contributed by atoms with Crippen molar-refractivity contribution in [3.8, 4) is 5.75 Å². The van der Waals surface area contributed by atoms with Crippen LogP contribution in [0.25, 0.3) is 0 Å². The zero-order valence-electron chi connectivity index (χ0n) is 20.3. The van der Waals surface area contributed by atoms with Gasteiger partial charge in [0.1, 0.15) is 24.1 Å². The number of aryl methyl sites for hydroxylation is 1. The van der Waals surface area contributed by atoms with Gasteiger partial charge in [0.05, 0.1) is 28.5 Å². The van der Waals surface area contributed by atoms with Crippen LogP contribution in [0.5, 0.6) is 5.75 Å². The normalized spacial score (nSPS) is 25.0. The summed E-state index contributed by atoms with van der Waals surface area (Å²) in [6, 6.07) is 2.82. The summed E-state index contributed by atoms with van der Waals surface area (Å²) < 4.78 is 30.3. The highest BCUT2D eigenvalue weighted by molar-refractivity contribution is 7.91. The van der Waals surface area contributed by atoms with Gasteiger partial charge in [0.15, 0.2) is 15.6 Å². The van der Waals surface area contributed by atoms with Crippen molar-refractivity contribution in [2.45, 2.75) is 44.8 Å². The van der Waals surface area contributed by atoms with Crippen LogP contribution in [-0.2, 0) is 9.84 Å². The molecule has 6 rings (SSSR count). The summed E-state index contributed by atoms with van der Waals surface area (Å²) in [5, 5.41) is 6.89. The molecule has 10 nitrogen and oxygen atoms in total. The van der Waals surface area contributed by atoms with E-state index in [0.29, 0.717) is 30.9 Å². The molecule has 0 unspecified atom stereocenters. The van der Waals surface area contributed by atoms with Crippen LogP contribution in [0.3, 0.4) is 0 Å². The minimum Gasteiger partial charge on any atom is -0.482 e. The monoisotopic (exact) mass is 499 g/mol. The van der Waals surface area contributed by atoms with Crippen molar-refractivity contribution >= 4 is 27.2 Å². The molecule has 11 heteroatoms. The van der Waals surface area contributed by atoms with E-state index in [1.165, 1.54) is 0 Å². The Kier molecular flexibility index (Phi) is 5.81. The molecule has 0 amide bonds.